The molecule has 0 aliphatic heterocycles. The Morgan fingerprint density at radius 2 is 0.701 bits per heavy atom. The predicted octanol–water partition coefficient (Wildman–Crippen LogP) is 18.9. The lowest BCUT2D eigenvalue weighted by atomic mass is 10.0. The number of carbonyl (C=O) groups is 2. The van der Waals surface area contributed by atoms with Gasteiger partial charge in [-0.15, -0.1) is 0 Å². The molecular formula is C61H119NO5. The average molecular weight is 947 g/mol. The molecule has 6 heteroatoms. The van der Waals surface area contributed by atoms with Crippen molar-refractivity contribution in [2.75, 3.05) is 13.2 Å². The van der Waals surface area contributed by atoms with Gasteiger partial charge in [-0.25, -0.2) is 0 Å². The van der Waals surface area contributed by atoms with Gasteiger partial charge in [-0.1, -0.05) is 289 Å². The number of hydrogen-bond donors (Lipinski definition) is 3. The molecule has 2 unspecified atom stereocenters. The topological polar surface area (TPSA) is 95.9 Å². The van der Waals surface area contributed by atoms with Crippen LogP contribution in [-0.4, -0.2) is 47.4 Å². The van der Waals surface area contributed by atoms with Crippen molar-refractivity contribution in [2.45, 2.75) is 353 Å². The monoisotopic (exact) mass is 946 g/mol. The third kappa shape index (κ3) is 53.8. The molecule has 67 heavy (non-hydrogen) atoms. The van der Waals surface area contributed by atoms with E-state index in [-0.39, 0.29) is 18.5 Å². The van der Waals surface area contributed by atoms with Gasteiger partial charge in [-0.05, 0) is 51.4 Å². The van der Waals surface area contributed by atoms with Crippen molar-refractivity contribution in [1.82, 2.24) is 5.32 Å². The second kappa shape index (κ2) is 57.2. The summed E-state index contributed by atoms with van der Waals surface area (Å²) in [7, 11) is 0. The van der Waals surface area contributed by atoms with Gasteiger partial charge in [0.1, 0.15) is 0 Å². The molecule has 0 aromatic rings. The Kier molecular flexibility index (Phi) is 56.0. The second-order valence-electron chi connectivity index (χ2n) is 21.0. The van der Waals surface area contributed by atoms with E-state index in [2.05, 4.69) is 31.3 Å². The summed E-state index contributed by atoms with van der Waals surface area (Å²) >= 11 is 0. The first kappa shape index (κ1) is 65.6. The van der Waals surface area contributed by atoms with Gasteiger partial charge in [-0.3, -0.25) is 9.59 Å². The van der Waals surface area contributed by atoms with Crippen molar-refractivity contribution in [3.05, 3.63) is 12.2 Å². The van der Waals surface area contributed by atoms with E-state index < -0.39 is 12.1 Å². The Hall–Kier alpha value is -1.40. The summed E-state index contributed by atoms with van der Waals surface area (Å²) in [5.41, 5.74) is 0. The van der Waals surface area contributed by atoms with E-state index in [0.29, 0.717) is 25.9 Å². The van der Waals surface area contributed by atoms with E-state index in [4.69, 9.17) is 4.74 Å². The first-order valence-corrected chi connectivity index (χ1v) is 30.4. The van der Waals surface area contributed by atoms with Crippen LogP contribution in [0.15, 0.2) is 12.2 Å². The highest BCUT2D eigenvalue weighted by Crippen LogP contribution is 2.18. The van der Waals surface area contributed by atoms with Crippen LogP contribution in [0.3, 0.4) is 0 Å². The highest BCUT2D eigenvalue weighted by Gasteiger charge is 2.20. The second-order valence-corrected chi connectivity index (χ2v) is 21.0. The Labute approximate surface area is 419 Å². The molecule has 398 valence electrons. The van der Waals surface area contributed by atoms with Crippen LogP contribution in [-0.2, 0) is 14.3 Å². The van der Waals surface area contributed by atoms with Crippen molar-refractivity contribution >= 4 is 11.9 Å². The Balaban J connectivity index is 3.41. The lowest BCUT2D eigenvalue weighted by Gasteiger charge is -2.22. The van der Waals surface area contributed by atoms with Crippen LogP contribution in [0.4, 0.5) is 0 Å². The molecule has 0 rings (SSSR count). The maximum Gasteiger partial charge on any atom is 0.305 e. The molecule has 0 aromatic heterocycles. The van der Waals surface area contributed by atoms with Gasteiger partial charge in [-0.2, -0.15) is 0 Å². The fraction of sp³-hybridized carbons (Fsp3) is 0.934. The Morgan fingerprint density at radius 3 is 1.06 bits per heavy atom. The Bertz CT molecular complexity index is 1000. The summed E-state index contributed by atoms with van der Waals surface area (Å²) in [6, 6.07) is -0.546. The summed E-state index contributed by atoms with van der Waals surface area (Å²) in [6.07, 6.45) is 67.7. The van der Waals surface area contributed by atoms with Gasteiger partial charge in [0.15, 0.2) is 0 Å². The minimum Gasteiger partial charge on any atom is -0.466 e. The lowest BCUT2D eigenvalue weighted by Crippen LogP contribution is -2.45. The number of allylic oxidation sites excluding steroid dienone is 2. The van der Waals surface area contributed by atoms with Crippen molar-refractivity contribution < 1.29 is 24.5 Å². The van der Waals surface area contributed by atoms with Crippen LogP contribution < -0.4 is 5.32 Å². The predicted molar refractivity (Wildman–Crippen MR) is 292 cm³/mol. The average Bonchev–Trinajstić information content (AvgIpc) is 3.33. The number of nitrogens with one attached hydrogen (secondary N) is 1. The van der Waals surface area contributed by atoms with E-state index in [0.717, 1.165) is 44.9 Å². The molecule has 0 heterocycles. The molecule has 0 aliphatic rings. The molecule has 2 atom stereocenters. The number of ether oxygens (including phenoxy) is 1. The van der Waals surface area contributed by atoms with Crippen LogP contribution in [0.1, 0.15) is 341 Å². The fourth-order valence-electron chi connectivity index (χ4n) is 9.64. The van der Waals surface area contributed by atoms with Crippen molar-refractivity contribution in [3.63, 3.8) is 0 Å². The van der Waals surface area contributed by atoms with Crippen LogP contribution in [0.5, 0.6) is 0 Å². The van der Waals surface area contributed by atoms with Gasteiger partial charge in [0.05, 0.1) is 25.4 Å². The third-order valence-electron chi connectivity index (χ3n) is 14.3. The molecule has 0 saturated carbocycles. The Morgan fingerprint density at radius 1 is 0.403 bits per heavy atom. The smallest absolute Gasteiger partial charge is 0.305 e. The van der Waals surface area contributed by atoms with Gasteiger partial charge < -0.3 is 20.3 Å². The summed E-state index contributed by atoms with van der Waals surface area (Å²) in [5, 5.41) is 23.3. The molecule has 0 aliphatic carbocycles. The number of rotatable bonds is 57. The van der Waals surface area contributed by atoms with E-state index in [1.54, 1.807) is 0 Å². The highest BCUT2D eigenvalue weighted by atomic mass is 16.5. The molecule has 0 aromatic carbocycles. The van der Waals surface area contributed by atoms with Crippen molar-refractivity contribution in [1.29, 1.82) is 0 Å². The van der Waals surface area contributed by atoms with Gasteiger partial charge >= 0.3 is 5.97 Å². The molecule has 3 N–H and O–H groups in total. The normalized spacial score (nSPS) is 12.6. The van der Waals surface area contributed by atoms with Gasteiger partial charge in [0, 0.05) is 12.8 Å². The number of aliphatic hydroxyl groups is 2. The zero-order chi connectivity index (χ0) is 48.6. The molecule has 0 fully saturated rings. The van der Waals surface area contributed by atoms with Crippen LogP contribution in [0.25, 0.3) is 0 Å². The van der Waals surface area contributed by atoms with Crippen LogP contribution in [0.2, 0.25) is 0 Å². The standard InChI is InChI=1S/C61H119NO5/c1-3-5-7-9-11-13-15-17-19-21-25-29-33-37-41-45-49-53-59(64)58(57-63)62-60(65)54-50-46-42-38-34-30-26-23-24-28-32-36-40-44-48-52-56-67-61(66)55-51-47-43-39-35-31-27-22-20-18-16-14-12-10-8-6-4-2/h18,20,58-59,63-64H,3-17,19,21-57H2,1-2H3,(H,62,65)/b20-18-. The number of unbranched alkanes of at least 4 members (excludes halogenated alkanes) is 44. The minimum absolute atomic E-state index is 0.000791. The number of carbonyl (C=O) groups excluding carboxylic acids is 2. The first-order valence-electron chi connectivity index (χ1n) is 30.4. The SMILES string of the molecule is CCCCCCCC/C=C\CCCCCCCCCC(=O)OCCCCCCCCCCCCCCCCCCC(=O)NC(CO)C(O)CCCCCCCCCCCCCCCCCCC. The van der Waals surface area contributed by atoms with Crippen molar-refractivity contribution in [3.8, 4) is 0 Å². The van der Waals surface area contributed by atoms with E-state index in [9.17, 15) is 19.8 Å². The minimum atomic E-state index is -0.669. The fourth-order valence-corrected chi connectivity index (χ4v) is 9.64. The van der Waals surface area contributed by atoms with E-state index >= 15 is 0 Å². The summed E-state index contributed by atoms with van der Waals surface area (Å²) < 4.78 is 5.49. The number of esters is 1. The number of aliphatic hydroxyl groups excluding tert-OH is 2. The molecule has 0 saturated heterocycles. The molecule has 6 nitrogen and oxygen atoms in total. The summed E-state index contributed by atoms with van der Waals surface area (Å²) in [4.78, 5) is 24.6. The largest absolute Gasteiger partial charge is 0.466 e. The maximum atomic E-state index is 12.5. The maximum absolute atomic E-state index is 12.5. The van der Waals surface area contributed by atoms with E-state index in [1.807, 2.05) is 0 Å². The summed E-state index contributed by atoms with van der Waals surface area (Å²) in [5.74, 6) is -0.0381. The van der Waals surface area contributed by atoms with Crippen molar-refractivity contribution in [2.24, 2.45) is 0 Å². The van der Waals surface area contributed by atoms with Gasteiger partial charge in [0.2, 0.25) is 5.91 Å². The zero-order valence-electron chi connectivity index (χ0n) is 45.4. The zero-order valence-corrected chi connectivity index (χ0v) is 45.4. The number of hydrogen-bond acceptors (Lipinski definition) is 5. The molecule has 0 radical (unpaired) electrons. The first-order chi connectivity index (χ1) is 33.0. The molecule has 0 spiro atoms. The quantitative estimate of drug-likeness (QED) is 0.0321. The van der Waals surface area contributed by atoms with Crippen LogP contribution >= 0.6 is 0 Å². The van der Waals surface area contributed by atoms with Gasteiger partial charge in [0.25, 0.3) is 0 Å². The summed E-state index contributed by atoms with van der Waals surface area (Å²) in [6.45, 7) is 4.96. The van der Waals surface area contributed by atoms with E-state index in [1.165, 1.54) is 263 Å². The lowest BCUT2D eigenvalue weighted by molar-refractivity contribution is -0.143. The third-order valence-corrected chi connectivity index (χ3v) is 14.3. The molecule has 1 amide bonds. The van der Waals surface area contributed by atoms with Crippen LogP contribution in [0, 0.1) is 0 Å². The highest BCUT2D eigenvalue weighted by molar-refractivity contribution is 5.76. The molecular weight excluding hydrogens is 827 g/mol. The molecule has 0 bridgehead atoms. The number of amides is 1.